The zero-order chi connectivity index (χ0) is 12.1. The Morgan fingerprint density at radius 2 is 1.41 bits per heavy atom. The lowest BCUT2D eigenvalue weighted by Crippen LogP contribution is -2.09. The molecule has 0 aromatic carbocycles. The molecule has 4 heteroatoms. The van der Waals surface area contributed by atoms with Gasteiger partial charge < -0.3 is 5.73 Å². The van der Waals surface area contributed by atoms with Crippen LogP contribution in [0.5, 0.6) is 0 Å². The predicted molar refractivity (Wildman–Crippen MR) is 66.3 cm³/mol. The molecular weight excluding hydrogens is 212 g/mol. The Morgan fingerprint density at radius 3 is 2.00 bits per heavy atom. The van der Waals surface area contributed by atoms with E-state index in [-0.39, 0.29) is 11.5 Å². The number of hydrogen-bond donors (Lipinski definition) is 1. The fourth-order valence-corrected chi connectivity index (χ4v) is 2.29. The van der Waals surface area contributed by atoms with Crippen molar-refractivity contribution in [3.8, 4) is 6.07 Å². The van der Waals surface area contributed by atoms with Gasteiger partial charge in [-0.3, -0.25) is 0 Å². The van der Waals surface area contributed by atoms with Gasteiger partial charge in [-0.25, -0.2) is 9.97 Å². The molecule has 17 heavy (non-hydrogen) atoms. The standard InChI is InChI=1S/C13H18N4/c14-9-12-13(15)17-11-8-6-4-2-1-3-5-7-10(11)16-12/h1-8H2,(H2,15,17). The summed E-state index contributed by atoms with van der Waals surface area (Å²) in [7, 11) is 0. The van der Waals surface area contributed by atoms with Crippen molar-refractivity contribution < 1.29 is 0 Å². The molecule has 0 radical (unpaired) electrons. The first kappa shape index (κ1) is 11.8. The number of anilines is 1. The Bertz CT molecular complexity index is 434. The van der Waals surface area contributed by atoms with Crippen LogP contribution in [-0.4, -0.2) is 9.97 Å². The van der Waals surface area contributed by atoms with E-state index in [9.17, 15) is 0 Å². The van der Waals surface area contributed by atoms with Crippen molar-refractivity contribution >= 4 is 5.82 Å². The van der Waals surface area contributed by atoms with Crippen molar-refractivity contribution in [2.45, 2.75) is 51.4 Å². The molecule has 2 rings (SSSR count). The number of aryl methyl sites for hydroxylation is 2. The first-order valence-corrected chi connectivity index (χ1v) is 6.36. The van der Waals surface area contributed by atoms with Crippen LogP contribution >= 0.6 is 0 Å². The number of rotatable bonds is 0. The maximum absolute atomic E-state index is 8.91. The van der Waals surface area contributed by atoms with Gasteiger partial charge in [0.15, 0.2) is 11.5 Å². The summed E-state index contributed by atoms with van der Waals surface area (Å²) >= 11 is 0. The SMILES string of the molecule is N#Cc1nc2c(nc1N)CCCCCCCC2. The largest absolute Gasteiger partial charge is 0.381 e. The lowest BCUT2D eigenvalue weighted by atomic mass is 10.0. The van der Waals surface area contributed by atoms with Gasteiger partial charge in [0.05, 0.1) is 11.4 Å². The molecule has 90 valence electrons. The normalized spacial score (nSPS) is 16.9. The number of nitrogen functional groups attached to an aromatic ring is 1. The van der Waals surface area contributed by atoms with E-state index < -0.39 is 0 Å². The molecule has 0 amide bonds. The minimum atomic E-state index is 0.279. The van der Waals surface area contributed by atoms with E-state index in [1.807, 2.05) is 6.07 Å². The first-order chi connectivity index (χ1) is 8.31. The molecule has 2 N–H and O–H groups in total. The molecule has 0 bridgehead atoms. The minimum absolute atomic E-state index is 0.279. The van der Waals surface area contributed by atoms with Crippen molar-refractivity contribution in [3.05, 3.63) is 17.1 Å². The van der Waals surface area contributed by atoms with E-state index >= 15 is 0 Å². The highest BCUT2D eigenvalue weighted by Gasteiger charge is 2.12. The second-order valence-corrected chi connectivity index (χ2v) is 4.58. The van der Waals surface area contributed by atoms with Gasteiger partial charge in [0.2, 0.25) is 0 Å². The number of fused-ring (bicyclic) bond motifs is 1. The van der Waals surface area contributed by atoms with Gasteiger partial charge in [0.1, 0.15) is 6.07 Å². The second-order valence-electron chi connectivity index (χ2n) is 4.58. The highest BCUT2D eigenvalue weighted by atomic mass is 14.9. The minimum Gasteiger partial charge on any atom is -0.381 e. The van der Waals surface area contributed by atoms with Gasteiger partial charge in [-0.15, -0.1) is 0 Å². The fourth-order valence-electron chi connectivity index (χ4n) is 2.29. The highest BCUT2D eigenvalue weighted by molar-refractivity contribution is 5.44. The Kier molecular flexibility index (Phi) is 3.92. The second kappa shape index (κ2) is 5.62. The molecule has 1 aromatic heterocycles. The molecule has 0 spiro atoms. The number of hydrogen-bond acceptors (Lipinski definition) is 4. The van der Waals surface area contributed by atoms with Gasteiger partial charge in [-0.05, 0) is 25.7 Å². The third-order valence-corrected chi connectivity index (χ3v) is 3.26. The third kappa shape index (κ3) is 2.94. The summed E-state index contributed by atoms with van der Waals surface area (Å²) in [4.78, 5) is 8.71. The lowest BCUT2D eigenvalue weighted by molar-refractivity contribution is 0.571. The van der Waals surface area contributed by atoms with Crippen LogP contribution in [0.2, 0.25) is 0 Å². The van der Waals surface area contributed by atoms with Crippen LogP contribution < -0.4 is 5.73 Å². The molecule has 0 unspecified atom stereocenters. The van der Waals surface area contributed by atoms with E-state index in [0.29, 0.717) is 0 Å². The van der Waals surface area contributed by atoms with Gasteiger partial charge in [0, 0.05) is 0 Å². The van der Waals surface area contributed by atoms with Gasteiger partial charge in [-0.1, -0.05) is 25.7 Å². The Morgan fingerprint density at radius 1 is 0.882 bits per heavy atom. The topological polar surface area (TPSA) is 75.6 Å². The van der Waals surface area contributed by atoms with Crippen LogP contribution in [0.15, 0.2) is 0 Å². The van der Waals surface area contributed by atoms with Crippen LogP contribution in [0.3, 0.4) is 0 Å². The molecule has 1 aliphatic rings. The van der Waals surface area contributed by atoms with Crippen LogP contribution in [0, 0.1) is 11.3 Å². The predicted octanol–water partition coefficient (Wildman–Crippen LogP) is 2.37. The van der Waals surface area contributed by atoms with E-state index in [1.54, 1.807) is 0 Å². The van der Waals surface area contributed by atoms with Gasteiger partial charge in [-0.2, -0.15) is 5.26 Å². The molecule has 1 aliphatic carbocycles. The summed E-state index contributed by atoms with van der Waals surface area (Å²) in [6.45, 7) is 0. The molecule has 0 aliphatic heterocycles. The van der Waals surface area contributed by atoms with Gasteiger partial charge >= 0.3 is 0 Å². The Labute approximate surface area is 102 Å². The summed E-state index contributed by atoms with van der Waals surface area (Å²) in [6.07, 6.45) is 9.27. The van der Waals surface area contributed by atoms with Crippen molar-refractivity contribution in [2.75, 3.05) is 5.73 Å². The van der Waals surface area contributed by atoms with Crippen LogP contribution in [0.4, 0.5) is 5.82 Å². The monoisotopic (exact) mass is 230 g/mol. The van der Waals surface area contributed by atoms with Gasteiger partial charge in [0.25, 0.3) is 0 Å². The Hall–Kier alpha value is -1.63. The summed E-state index contributed by atoms with van der Waals surface area (Å²) in [6, 6.07) is 2.01. The number of nitrogens with two attached hydrogens (primary N) is 1. The molecule has 1 heterocycles. The van der Waals surface area contributed by atoms with E-state index in [1.165, 1.54) is 25.7 Å². The molecule has 1 aromatic rings. The average Bonchev–Trinajstić information content (AvgIpc) is 2.35. The van der Waals surface area contributed by atoms with Crippen molar-refractivity contribution in [1.29, 1.82) is 5.26 Å². The summed E-state index contributed by atoms with van der Waals surface area (Å²) < 4.78 is 0. The molecule has 0 atom stereocenters. The maximum Gasteiger partial charge on any atom is 0.183 e. The Balaban J connectivity index is 2.28. The quantitative estimate of drug-likeness (QED) is 0.742. The van der Waals surface area contributed by atoms with Crippen LogP contribution in [0.25, 0.3) is 0 Å². The lowest BCUT2D eigenvalue weighted by Gasteiger charge is -2.11. The van der Waals surface area contributed by atoms with Crippen molar-refractivity contribution in [1.82, 2.24) is 9.97 Å². The van der Waals surface area contributed by atoms with E-state index in [0.717, 1.165) is 37.1 Å². The summed E-state index contributed by atoms with van der Waals surface area (Å²) in [5.41, 5.74) is 7.98. The number of aromatic nitrogens is 2. The molecule has 0 saturated heterocycles. The third-order valence-electron chi connectivity index (χ3n) is 3.26. The zero-order valence-electron chi connectivity index (χ0n) is 10.1. The molecular formula is C13H18N4. The summed E-state index contributed by atoms with van der Waals surface area (Å²) in [5.74, 6) is 0.281. The zero-order valence-corrected chi connectivity index (χ0v) is 10.1. The maximum atomic E-state index is 8.91. The number of nitriles is 1. The molecule has 0 saturated carbocycles. The fraction of sp³-hybridized carbons (Fsp3) is 0.615. The van der Waals surface area contributed by atoms with Crippen LogP contribution in [-0.2, 0) is 12.8 Å². The van der Waals surface area contributed by atoms with E-state index in [2.05, 4.69) is 9.97 Å². The molecule has 0 fully saturated rings. The first-order valence-electron chi connectivity index (χ1n) is 6.36. The smallest absolute Gasteiger partial charge is 0.183 e. The van der Waals surface area contributed by atoms with Crippen LogP contribution in [0.1, 0.15) is 55.6 Å². The highest BCUT2D eigenvalue weighted by Crippen LogP contribution is 2.19. The van der Waals surface area contributed by atoms with Crippen molar-refractivity contribution in [3.63, 3.8) is 0 Å². The molecule has 4 nitrogen and oxygen atoms in total. The van der Waals surface area contributed by atoms with Crippen molar-refractivity contribution in [2.24, 2.45) is 0 Å². The van der Waals surface area contributed by atoms with E-state index in [4.69, 9.17) is 11.0 Å². The number of nitrogens with zero attached hydrogens (tertiary/aromatic N) is 3. The summed E-state index contributed by atoms with van der Waals surface area (Å²) in [5, 5.41) is 8.91. The average molecular weight is 230 g/mol.